The Balaban J connectivity index is 2.68. The summed E-state index contributed by atoms with van der Waals surface area (Å²) < 4.78 is 2.01. The van der Waals surface area contributed by atoms with Gasteiger partial charge in [-0.25, -0.2) is 0 Å². The summed E-state index contributed by atoms with van der Waals surface area (Å²) in [5.41, 5.74) is 8.63. The van der Waals surface area contributed by atoms with Crippen molar-refractivity contribution in [2.75, 3.05) is 13.1 Å². The molecule has 1 heterocycles. The zero-order valence-electron chi connectivity index (χ0n) is 13.4. The van der Waals surface area contributed by atoms with Gasteiger partial charge < -0.3 is 11.1 Å². The smallest absolute Gasteiger partial charge is 0.224 e. The van der Waals surface area contributed by atoms with Crippen LogP contribution in [-0.4, -0.2) is 28.8 Å². The molecule has 1 aromatic heterocycles. The van der Waals surface area contributed by atoms with Gasteiger partial charge in [0, 0.05) is 24.3 Å². The highest BCUT2D eigenvalue weighted by Crippen LogP contribution is 2.15. The highest BCUT2D eigenvalue weighted by Gasteiger charge is 2.15. The molecule has 1 rings (SSSR count). The largest absolute Gasteiger partial charge is 0.355 e. The van der Waals surface area contributed by atoms with Crippen LogP contribution in [0.25, 0.3) is 0 Å². The molecule has 5 nitrogen and oxygen atoms in total. The Kier molecular flexibility index (Phi) is 6.20. The topological polar surface area (TPSA) is 72.9 Å². The van der Waals surface area contributed by atoms with E-state index in [1.807, 2.05) is 25.5 Å². The van der Waals surface area contributed by atoms with Gasteiger partial charge in [0.05, 0.1) is 12.1 Å². The van der Waals surface area contributed by atoms with E-state index in [0.717, 1.165) is 23.5 Å². The minimum Gasteiger partial charge on any atom is -0.355 e. The first-order valence-electron chi connectivity index (χ1n) is 7.34. The predicted octanol–water partition coefficient (Wildman–Crippen LogP) is 1.41. The number of nitrogens with one attached hydrogen (secondary N) is 1. The molecule has 0 aliphatic carbocycles. The van der Waals surface area contributed by atoms with Gasteiger partial charge in [-0.15, -0.1) is 0 Å². The highest BCUT2D eigenvalue weighted by atomic mass is 16.1. The number of hydrogen-bond acceptors (Lipinski definition) is 3. The summed E-state index contributed by atoms with van der Waals surface area (Å²) in [5.74, 6) is 0.894. The van der Waals surface area contributed by atoms with Crippen molar-refractivity contribution in [3.05, 3.63) is 17.0 Å². The van der Waals surface area contributed by atoms with Gasteiger partial charge >= 0.3 is 0 Å². The third-order valence-electron chi connectivity index (χ3n) is 3.46. The summed E-state index contributed by atoms with van der Waals surface area (Å²) in [7, 11) is 0. The maximum atomic E-state index is 12.0. The van der Waals surface area contributed by atoms with E-state index in [2.05, 4.69) is 24.3 Å². The molecule has 114 valence electrons. The van der Waals surface area contributed by atoms with Gasteiger partial charge in [0.1, 0.15) is 0 Å². The number of carbonyl (C=O) groups excluding carboxylic acids is 1. The second kappa shape index (κ2) is 7.43. The Morgan fingerprint density at radius 2 is 2.00 bits per heavy atom. The van der Waals surface area contributed by atoms with Gasteiger partial charge in [0.25, 0.3) is 0 Å². The minimum absolute atomic E-state index is 0.0422. The third kappa shape index (κ3) is 4.63. The number of hydrogen-bond donors (Lipinski definition) is 2. The van der Waals surface area contributed by atoms with Crippen LogP contribution in [0.4, 0.5) is 0 Å². The van der Waals surface area contributed by atoms with E-state index in [1.54, 1.807) is 0 Å². The number of carbonyl (C=O) groups is 1. The van der Waals surface area contributed by atoms with Gasteiger partial charge in [-0.05, 0) is 32.2 Å². The molecule has 1 amide bonds. The van der Waals surface area contributed by atoms with Crippen molar-refractivity contribution in [3.8, 4) is 0 Å². The molecule has 0 spiro atoms. The first kappa shape index (κ1) is 16.7. The molecule has 20 heavy (non-hydrogen) atoms. The fraction of sp³-hybridized carbons (Fsp3) is 0.733. The van der Waals surface area contributed by atoms with Crippen LogP contribution in [0.1, 0.15) is 37.7 Å². The summed E-state index contributed by atoms with van der Waals surface area (Å²) in [5, 5.41) is 7.46. The normalized spacial score (nSPS) is 12.8. The molecule has 0 aliphatic rings. The zero-order valence-corrected chi connectivity index (χ0v) is 13.4. The van der Waals surface area contributed by atoms with Crippen LogP contribution >= 0.6 is 0 Å². The second-order valence-corrected chi connectivity index (χ2v) is 6.05. The monoisotopic (exact) mass is 280 g/mol. The highest BCUT2D eigenvalue weighted by molar-refractivity contribution is 5.79. The van der Waals surface area contributed by atoms with Gasteiger partial charge in [-0.1, -0.05) is 20.8 Å². The molecule has 0 fully saturated rings. The number of aryl methyl sites for hydroxylation is 1. The van der Waals surface area contributed by atoms with Crippen molar-refractivity contribution in [2.45, 2.75) is 47.6 Å². The lowest BCUT2D eigenvalue weighted by atomic mass is 10.1. The lowest BCUT2D eigenvalue weighted by Crippen LogP contribution is -2.32. The Labute approximate surface area is 121 Å². The Morgan fingerprint density at radius 3 is 2.55 bits per heavy atom. The molecule has 0 aromatic carbocycles. The van der Waals surface area contributed by atoms with Crippen LogP contribution in [0.5, 0.6) is 0 Å². The molecule has 1 atom stereocenters. The molecule has 0 bridgehead atoms. The molecule has 0 radical (unpaired) electrons. The summed E-state index contributed by atoms with van der Waals surface area (Å²) in [4.78, 5) is 12.0. The summed E-state index contributed by atoms with van der Waals surface area (Å²) in [6.07, 6.45) is 0.396. The molecule has 5 heteroatoms. The predicted molar refractivity (Wildman–Crippen MR) is 81.5 cm³/mol. The number of nitrogens with zero attached hydrogens (tertiary/aromatic N) is 2. The maximum Gasteiger partial charge on any atom is 0.224 e. The van der Waals surface area contributed by atoms with Crippen LogP contribution < -0.4 is 11.1 Å². The fourth-order valence-electron chi connectivity index (χ4n) is 2.11. The lowest BCUT2D eigenvalue weighted by Gasteiger charge is -2.10. The van der Waals surface area contributed by atoms with Crippen molar-refractivity contribution in [3.63, 3.8) is 0 Å². The van der Waals surface area contributed by atoms with Crippen molar-refractivity contribution in [2.24, 2.45) is 17.6 Å². The van der Waals surface area contributed by atoms with Crippen LogP contribution in [0, 0.1) is 25.7 Å². The molecule has 1 aromatic rings. The molecular formula is C15H28N4O. The maximum absolute atomic E-state index is 12.0. The SMILES string of the molecule is Cc1nn(CC(C)C)c(C)c1CC(=O)NCC(C)CN. The second-order valence-electron chi connectivity index (χ2n) is 6.05. The zero-order chi connectivity index (χ0) is 15.3. The van der Waals surface area contributed by atoms with Crippen molar-refractivity contribution in [1.29, 1.82) is 0 Å². The molecule has 0 saturated heterocycles. The Morgan fingerprint density at radius 1 is 1.35 bits per heavy atom. The fourth-order valence-corrected chi connectivity index (χ4v) is 2.11. The van der Waals surface area contributed by atoms with Crippen LogP contribution in [0.15, 0.2) is 0 Å². The molecular weight excluding hydrogens is 252 g/mol. The van der Waals surface area contributed by atoms with Crippen molar-refractivity contribution >= 4 is 5.91 Å². The van der Waals surface area contributed by atoms with E-state index >= 15 is 0 Å². The van der Waals surface area contributed by atoms with E-state index in [0.29, 0.717) is 31.3 Å². The third-order valence-corrected chi connectivity index (χ3v) is 3.46. The first-order chi connectivity index (χ1) is 9.35. The molecule has 1 unspecified atom stereocenters. The van der Waals surface area contributed by atoms with E-state index < -0.39 is 0 Å². The van der Waals surface area contributed by atoms with E-state index in [4.69, 9.17) is 5.73 Å². The van der Waals surface area contributed by atoms with E-state index in [1.165, 1.54) is 0 Å². The number of aromatic nitrogens is 2. The van der Waals surface area contributed by atoms with Gasteiger partial charge in [-0.2, -0.15) is 5.10 Å². The molecule has 3 N–H and O–H groups in total. The summed E-state index contributed by atoms with van der Waals surface area (Å²) in [6.45, 7) is 12.5. The Hall–Kier alpha value is -1.36. The minimum atomic E-state index is 0.0422. The van der Waals surface area contributed by atoms with Crippen molar-refractivity contribution < 1.29 is 4.79 Å². The van der Waals surface area contributed by atoms with E-state index in [9.17, 15) is 4.79 Å². The molecule has 0 saturated carbocycles. The van der Waals surface area contributed by atoms with Crippen LogP contribution in [0.2, 0.25) is 0 Å². The standard InChI is InChI=1S/C15H28N4O/c1-10(2)9-19-13(5)14(12(4)18-19)6-15(20)17-8-11(3)7-16/h10-11H,6-9,16H2,1-5H3,(H,17,20). The quantitative estimate of drug-likeness (QED) is 0.793. The van der Waals surface area contributed by atoms with Gasteiger partial charge in [0.2, 0.25) is 5.91 Å². The summed E-state index contributed by atoms with van der Waals surface area (Å²) >= 11 is 0. The van der Waals surface area contributed by atoms with Gasteiger partial charge in [-0.3, -0.25) is 9.48 Å². The number of rotatable bonds is 7. The van der Waals surface area contributed by atoms with Gasteiger partial charge in [0.15, 0.2) is 0 Å². The number of amides is 1. The van der Waals surface area contributed by atoms with Crippen LogP contribution in [-0.2, 0) is 17.8 Å². The van der Waals surface area contributed by atoms with Crippen molar-refractivity contribution in [1.82, 2.24) is 15.1 Å². The average molecular weight is 280 g/mol. The molecule has 0 aliphatic heterocycles. The Bertz CT molecular complexity index is 451. The van der Waals surface area contributed by atoms with E-state index in [-0.39, 0.29) is 5.91 Å². The lowest BCUT2D eigenvalue weighted by molar-refractivity contribution is -0.120. The summed E-state index contributed by atoms with van der Waals surface area (Å²) in [6, 6.07) is 0. The first-order valence-corrected chi connectivity index (χ1v) is 7.34. The number of nitrogens with two attached hydrogens (primary N) is 1. The van der Waals surface area contributed by atoms with Crippen LogP contribution in [0.3, 0.4) is 0 Å². The average Bonchev–Trinajstić information content (AvgIpc) is 2.63.